The van der Waals surface area contributed by atoms with Crippen molar-refractivity contribution in [3.63, 3.8) is 0 Å². The van der Waals surface area contributed by atoms with Gasteiger partial charge in [0, 0.05) is 43.7 Å². The zero-order valence-electron chi connectivity index (χ0n) is 10.9. The smallest absolute Gasteiger partial charge is 0.0149 e. The summed E-state index contributed by atoms with van der Waals surface area (Å²) in [5, 5.41) is 3.73. The molecule has 1 aromatic carbocycles. The van der Waals surface area contributed by atoms with E-state index in [9.17, 15) is 0 Å². The molecule has 98 valence electrons. The number of hydrogen-bond acceptors (Lipinski definition) is 3. The molecule has 2 nitrogen and oxygen atoms in total. The molecule has 1 fully saturated rings. The maximum Gasteiger partial charge on any atom is 0.0149 e. The Morgan fingerprint density at radius 1 is 1.11 bits per heavy atom. The van der Waals surface area contributed by atoms with Crippen LogP contribution in [0.2, 0.25) is 0 Å². The molecule has 0 bridgehead atoms. The lowest BCUT2D eigenvalue weighted by Crippen LogP contribution is -2.40. The maximum atomic E-state index is 3.73. The van der Waals surface area contributed by atoms with Crippen molar-refractivity contribution < 1.29 is 0 Å². The fraction of sp³-hybridized carbons (Fsp3) is 0.600. The van der Waals surface area contributed by atoms with E-state index in [0.717, 1.165) is 6.54 Å². The van der Waals surface area contributed by atoms with Gasteiger partial charge in [0.05, 0.1) is 0 Å². The highest BCUT2D eigenvalue weighted by atomic mass is 32.2. The lowest BCUT2D eigenvalue weighted by Gasteiger charge is -2.26. The van der Waals surface area contributed by atoms with Gasteiger partial charge in [0.15, 0.2) is 0 Å². The second-order valence-corrected chi connectivity index (χ2v) is 6.51. The van der Waals surface area contributed by atoms with Gasteiger partial charge in [-0.05, 0) is 24.0 Å². The van der Waals surface area contributed by atoms with Gasteiger partial charge in [0.2, 0.25) is 0 Å². The summed E-state index contributed by atoms with van der Waals surface area (Å²) in [6.07, 6.45) is 2.43. The summed E-state index contributed by atoms with van der Waals surface area (Å²) in [7, 11) is 0. The van der Waals surface area contributed by atoms with Crippen LogP contribution in [-0.4, -0.2) is 48.6 Å². The normalized spacial score (nSPS) is 21.1. The van der Waals surface area contributed by atoms with Crippen molar-refractivity contribution >= 4 is 11.8 Å². The Kier molecular flexibility index (Phi) is 4.24. The van der Waals surface area contributed by atoms with Crippen molar-refractivity contribution in [3.8, 4) is 0 Å². The maximum absolute atomic E-state index is 3.73. The van der Waals surface area contributed by atoms with Gasteiger partial charge in [0.25, 0.3) is 0 Å². The third-order valence-corrected chi connectivity index (χ3v) is 4.96. The zero-order chi connectivity index (χ0) is 12.2. The van der Waals surface area contributed by atoms with Crippen LogP contribution in [0.5, 0.6) is 0 Å². The highest BCUT2D eigenvalue weighted by Crippen LogP contribution is 2.21. The van der Waals surface area contributed by atoms with E-state index in [0.29, 0.717) is 6.04 Å². The molecule has 3 rings (SSSR count). The van der Waals surface area contributed by atoms with Gasteiger partial charge in [0.1, 0.15) is 0 Å². The molecule has 0 spiro atoms. The molecule has 18 heavy (non-hydrogen) atoms. The van der Waals surface area contributed by atoms with E-state index >= 15 is 0 Å². The van der Waals surface area contributed by atoms with Crippen LogP contribution in [-0.2, 0) is 12.8 Å². The summed E-state index contributed by atoms with van der Waals surface area (Å²) in [5.74, 6) is 2.63. The van der Waals surface area contributed by atoms with Crippen molar-refractivity contribution in [2.24, 2.45) is 0 Å². The average molecular weight is 262 g/mol. The lowest BCUT2D eigenvalue weighted by atomic mass is 10.1. The molecule has 3 heteroatoms. The van der Waals surface area contributed by atoms with Crippen LogP contribution in [0, 0.1) is 0 Å². The highest BCUT2D eigenvalue weighted by Gasteiger charge is 2.20. The second kappa shape index (κ2) is 6.09. The van der Waals surface area contributed by atoms with Crippen LogP contribution in [0.1, 0.15) is 11.1 Å². The van der Waals surface area contributed by atoms with Crippen molar-refractivity contribution in [2.45, 2.75) is 18.9 Å². The Hall–Kier alpha value is -0.510. The molecule has 1 heterocycles. The molecular weight excluding hydrogens is 240 g/mol. The van der Waals surface area contributed by atoms with E-state index in [1.807, 2.05) is 0 Å². The third-order valence-electron chi connectivity index (χ3n) is 4.02. The zero-order valence-corrected chi connectivity index (χ0v) is 11.7. The summed E-state index contributed by atoms with van der Waals surface area (Å²) in [6.45, 7) is 4.91. The van der Waals surface area contributed by atoms with E-state index in [1.54, 1.807) is 11.1 Å². The first-order valence-electron chi connectivity index (χ1n) is 7.02. The molecule has 0 atom stereocenters. The van der Waals surface area contributed by atoms with E-state index in [-0.39, 0.29) is 0 Å². The molecule has 1 aromatic rings. The monoisotopic (exact) mass is 262 g/mol. The predicted molar refractivity (Wildman–Crippen MR) is 79.4 cm³/mol. The summed E-state index contributed by atoms with van der Waals surface area (Å²) < 4.78 is 0. The topological polar surface area (TPSA) is 15.3 Å². The van der Waals surface area contributed by atoms with Crippen molar-refractivity contribution in [3.05, 3.63) is 35.4 Å². The minimum Gasteiger partial charge on any atom is -0.312 e. The SMILES string of the molecule is c1ccc2c(c1)CC(NCCN1CCSCC1)C2. The summed E-state index contributed by atoms with van der Waals surface area (Å²) in [4.78, 5) is 2.59. The number of rotatable bonds is 4. The van der Waals surface area contributed by atoms with Gasteiger partial charge in [-0.25, -0.2) is 0 Å². The minimum atomic E-state index is 0.668. The molecule has 2 aliphatic rings. The average Bonchev–Trinajstić information content (AvgIpc) is 2.82. The predicted octanol–water partition coefficient (Wildman–Crippen LogP) is 1.79. The van der Waals surface area contributed by atoms with Crippen LogP contribution < -0.4 is 5.32 Å². The van der Waals surface area contributed by atoms with E-state index in [2.05, 4.69) is 46.2 Å². The van der Waals surface area contributed by atoms with Gasteiger partial charge in [-0.1, -0.05) is 24.3 Å². The Morgan fingerprint density at radius 3 is 2.44 bits per heavy atom. The molecule has 1 aliphatic heterocycles. The van der Waals surface area contributed by atoms with Gasteiger partial charge in [-0.2, -0.15) is 11.8 Å². The Balaban J connectivity index is 1.40. The van der Waals surface area contributed by atoms with Crippen LogP contribution in [0.4, 0.5) is 0 Å². The first-order valence-corrected chi connectivity index (χ1v) is 8.17. The van der Waals surface area contributed by atoms with Crippen LogP contribution in [0.25, 0.3) is 0 Å². The van der Waals surface area contributed by atoms with E-state index in [1.165, 1.54) is 44.0 Å². The number of nitrogens with one attached hydrogen (secondary N) is 1. The number of hydrogen-bond donors (Lipinski definition) is 1. The molecule has 0 aromatic heterocycles. The summed E-state index contributed by atoms with van der Waals surface area (Å²) in [5.41, 5.74) is 3.09. The third kappa shape index (κ3) is 3.08. The minimum absolute atomic E-state index is 0.668. The quantitative estimate of drug-likeness (QED) is 0.890. The van der Waals surface area contributed by atoms with Gasteiger partial charge in [-0.15, -0.1) is 0 Å². The summed E-state index contributed by atoms with van der Waals surface area (Å²) in [6, 6.07) is 9.54. The second-order valence-electron chi connectivity index (χ2n) is 5.28. The van der Waals surface area contributed by atoms with Crippen molar-refractivity contribution in [1.29, 1.82) is 0 Å². The summed E-state index contributed by atoms with van der Waals surface area (Å²) >= 11 is 2.09. The molecule has 0 unspecified atom stereocenters. The molecule has 1 N–H and O–H groups in total. The molecule has 1 saturated heterocycles. The Bertz CT molecular complexity index is 363. The number of fused-ring (bicyclic) bond motifs is 1. The highest BCUT2D eigenvalue weighted by molar-refractivity contribution is 7.99. The first-order chi connectivity index (χ1) is 8.92. The van der Waals surface area contributed by atoms with Crippen LogP contribution in [0.15, 0.2) is 24.3 Å². The molecule has 0 amide bonds. The molecule has 0 saturated carbocycles. The number of nitrogens with zero attached hydrogens (tertiary/aromatic N) is 1. The standard InChI is InChI=1S/C15H22N2S/c1-2-4-14-12-15(11-13(14)3-1)16-5-6-17-7-9-18-10-8-17/h1-4,15-16H,5-12H2. The largest absolute Gasteiger partial charge is 0.312 e. The van der Waals surface area contributed by atoms with Crippen molar-refractivity contribution in [2.75, 3.05) is 37.7 Å². The van der Waals surface area contributed by atoms with Gasteiger partial charge >= 0.3 is 0 Å². The fourth-order valence-electron chi connectivity index (χ4n) is 2.95. The number of benzene rings is 1. The van der Waals surface area contributed by atoms with Crippen LogP contribution in [0.3, 0.4) is 0 Å². The first kappa shape index (κ1) is 12.5. The van der Waals surface area contributed by atoms with Gasteiger partial charge in [-0.3, -0.25) is 0 Å². The van der Waals surface area contributed by atoms with Crippen molar-refractivity contribution in [1.82, 2.24) is 10.2 Å². The van der Waals surface area contributed by atoms with Crippen LogP contribution >= 0.6 is 11.8 Å². The molecule has 1 aliphatic carbocycles. The lowest BCUT2D eigenvalue weighted by molar-refractivity contribution is 0.295. The Morgan fingerprint density at radius 2 is 1.78 bits per heavy atom. The van der Waals surface area contributed by atoms with Gasteiger partial charge < -0.3 is 10.2 Å². The van der Waals surface area contributed by atoms with E-state index in [4.69, 9.17) is 0 Å². The molecular formula is C15H22N2S. The Labute approximate surface area is 114 Å². The van der Waals surface area contributed by atoms with E-state index < -0.39 is 0 Å². The number of thioether (sulfide) groups is 1. The fourth-order valence-corrected chi connectivity index (χ4v) is 3.93. The molecule has 0 radical (unpaired) electrons.